The first-order valence-electron chi connectivity index (χ1n) is 11.8. The average Bonchev–Trinajstić information content (AvgIpc) is 2.79. The topological polar surface area (TPSA) is 92.5 Å². The Bertz CT molecular complexity index is 749. The van der Waals surface area contributed by atoms with Gasteiger partial charge in [0.25, 0.3) is 0 Å². The molecule has 1 heterocycles. The van der Waals surface area contributed by atoms with Gasteiger partial charge in [-0.1, -0.05) is 44.2 Å². The fraction of sp³-hybridized carbons (Fsp3) is 0.640. The maximum Gasteiger partial charge on any atom is 0.245 e. The van der Waals surface area contributed by atoms with E-state index < -0.39 is 6.04 Å². The highest BCUT2D eigenvalue weighted by Crippen LogP contribution is 2.33. The van der Waals surface area contributed by atoms with Gasteiger partial charge in [-0.15, -0.1) is 0 Å². The van der Waals surface area contributed by atoms with E-state index in [1.54, 1.807) is 4.90 Å². The van der Waals surface area contributed by atoms with Crippen molar-refractivity contribution in [1.29, 1.82) is 0 Å². The van der Waals surface area contributed by atoms with Gasteiger partial charge in [0.2, 0.25) is 17.7 Å². The van der Waals surface area contributed by atoms with E-state index in [1.165, 1.54) is 0 Å². The van der Waals surface area contributed by atoms with E-state index in [-0.39, 0.29) is 29.6 Å². The highest BCUT2D eigenvalue weighted by molar-refractivity contribution is 5.89. The number of carbonyl (C=O) groups is 3. The van der Waals surface area contributed by atoms with Gasteiger partial charge < -0.3 is 16.0 Å². The number of likely N-dealkylation sites (tertiary alicyclic amines) is 1. The minimum absolute atomic E-state index is 0.00325. The summed E-state index contributed by atoms with van der Waals surface area (Å²) in [4.78, 5) is 39.6. The molecule has 6 heteroatoms. The Labute approximate surface area is 185 Å². The van der Waals surface area contributed by atoms with Crippen molar-refractivity contribution in [1.82, 2.24) is 10.2 Å². The molecule has 0 radical (unpaired) electrons. The summed E-state index contributed by atoms with van der Waals surface area (Å²) in [7, 11) is 0. The molecule has 1 unspecified atom stereocenters. The number of hydrogen-bond acceptors (Lipinski definition) is 3. The smallest absolute Gasteiger partial charge is 0.245 e. The number of carbonyl (C=O) groups excluding carboxylic acids is 3. The van der Waals surface area contributed by atoms with Crippen LogP contribution >= 0.6 is 0 Å². The Hall–Kier alpha value is -2.37. The number of hydrogen-bond donors (Lipinski definition) is 2. The van der Waals surface area contributed by atoms with E-state index in [1.807, 2.05) is 30.3 Å². The fourth-order valence-corrected chi connectivity index (χ4v) is 4.99. The average molecular weight is 428 g/mol. The van der Waals surface area contributed by atoms with Crippen LogP contribution in [-0.2, 0) is 20.8 Å². The zero-order valence-electron chi connectivity index (χ0n) is 18.9. The number of rotatable bonds is 7. The van der Waals surface area contributed by atoms with Crippen molar-refractivity contribution in [3.8, 4) is 0 Å². The second-order valence-electron chi connectivity index (χ2n) is 9.61. The van der Waals surface area contributed by atoms with E-state index in [4.69, 9.17) is 5.73 Å². The maximum atomic E-state index is 13.3. The number of nitrogens with one attached hydrogen (secondary N) is 1. The molecule has 3 N–H and O–H groups in total. The Morgan fingerprint density at radius 2 is 1.58 bits per heavy atom. The third-order valence-electron chi connectivity index (χ3n) is 7.19. The van der Waals surface area contributed by atoms with Gasteiger partial charge in [0.05, 0.1) is 0 Å². The van der Waals surface area contributed by atoms with Crippen molar-refractivity contribution >= 4 is 17.7 Å². The first-order valence-corrected chi connectivity index (χ1v) is 11.8. The summed E-state index contributed by atoms with van der Waals surface area (Å²) in [5.74, 6) is 0.818. The van der Waals surface area contributed by atoms with E-state index in [2.05, 4.69) is 19.2 Å². The molecule has 6 nitrogen and oxygen atoms in total. The quantitative estimate of drug-likeness (QED) is 0.701. The molecule has 1 aliphatic carbocycles. The Morgan fingerprint density at radius 1 is 0.968 bits per heavy atom. The van der Waals surface area contributed by atoms with Gasteiger partial charge in [-0.2, -0.15) is 0 Å². The zero-order valence-corrected chi connectivity index (χ0v) is 18.9. The predicted molar refractivity (Wildman–Crippen MR) is 121 cm³/mol. The van der Waals surface area contributed by atoms with Crippen molar-refractivity contribution in [2.45, 2.75) is 64.8 Å². The summed E-state index contributed by atoms with van der Waals surface area (Å²) < 4.78 is 0. The van der Waals surface area contributed by atoms with Gasteiger partial charge in [-0.3, -0.25) is 14.4 Å². The normalized spacial score (nSPS) is 23.4. The minimum atomic E-state index is -0.581. The van der Waals surface area contributed by atoms with Crippen LogP contribution in [0, 0.1) is 23.7 Å². The molecule has 3 rings (SSSR count). The molecule has 1 saturated heterocycles. The SMILES string of the molecule is CC(C)C1CCC(C(=O)NC(Cc2ccccc2)C(=O)N2CCC(C(N)=O)CC2)CC1. The highest BCUT2D eigenvalue weighted by atomic mass is 16.2. The summed E-state index contributed by atoms with van der Waals surface area (Å²) in [6.07, 6.45) is 5.60. The van der Waals surface area contributed by atoms with Crippen molar-refractivity contribution in [3.63, 3.8) is 0 Å². The van der Waals surface area contributed by atoms with Gasteiger partial charge in [0.15, 0.2) is 0 Å². The minimum Gasteiger partial charge on any atom is -0.369 e. The van der Waals surface area contributed by atoms with Crippen molar-refractivity contribution in [2.24, 2.45) is 29.4 Å². The van der Waals surface area contributed by atoms with Gasteiger partial charge in [0, 0.05) is 31.3 Å². The van der Waals surface area contributed by atoms with Crippen LogP contribution in [0.5, 0.6) is 0 Å². The molecule has 1 aliphatic heterocycles. The van der Waals surface area contributed by atoms with Crippen molar-refractivity contribution in [2.75, 3.05) is 13.1 Å². The third kappa shape index (κ3) is 6.31. The number of amides is 3. The standard InChI is InChI=1S/C25H37N3O3/c1-17(2)19-8-10-21(11-9-19)24(30)27-22(16-18-6-4-3-5-7-18)25(31)28-14-12-20(13-15-28)23(26)29/h3-7,17,19-22H,8-16H2,1-2H3,(H2,26,29)(H,27,30). The van der Waals surface area contributed by atoms with Crippen LogP contribution in [0.1, 0.15) is 57.9 Å². The molecule has 3 amide bonds. The summed E-state index contributed by atoms with van der Waals surface area (Å²) in [5, 5.41) is 3.09. The fourth-order valence-electron chi connectivity index (χ4n) is 4.99. The van der Waals surface area contributed by atoms with E-state index in [0.29, 0.717) is 44.2 Å². The molecular formula is C25H37N3O3. The van der Waals surface area contributed by atoms with Crippen molar-refractivity contribution < 1.29 is 14.4 Å². The summed E-state index contributed by atoms with van der Waals surface area (Å²) in [6.45, 7) is 5.52. The van der Waals surface area contributed by atoms with E-state index in [9.17, 15) is 14.4 Å². The lowest BCUT2D eigenvalue weighted by Crippen LogP contribution is -2.53. The molecular weight excluding hydrogens is 390 g/mol. The second-order valence-corrected chi connectivity index (χ2v) is 9.61. The van der Waals surface area contributed by atoms with Crippen LogP contribution in [0.15, 0.2) is 30.3 Å². The Morgan fingerprint density at radius 3 is 2.13 bits per heavy atom. The van der Waals surface area contributed by atoms with Gasteiger partial charge in [0.1, 0.15) is 6.04 Å². The van der Waals surface area contributed by atoms with Gasteiger partial charge in [-0.05, 0) is 55.9 Å². The molecule has 0 spiro atoms. The van der Waals surface area contributed by atoms with Crippen LogP contribution in [-0.4, -0.2) is 41.8 Å². The largest absolute Gasteiger partial charge is 0.369 e. The molecule has 2 aliphatic rings. The summed E-state index contributed by atoms with van der Waals surface area (Å²) in [6, 6.07) is 9.23. The Kier molecular flexibility index (Phi) is 8.10. The monoisotopic (exact) mass is 427 g/mol. The number of benzene rings is 1. The molecule has 1 saturated carbocycles. The maximum absolute atomic E-state index is 13.3. The van der Waals surface area contributed by atoms with Gasteiger partial charge in [-0.25, -0.2) is 0 Å². The van der Waals surface area contributed by atoms with Crippen LogP contribution < -0.4 is 11.1 Å². The number of piperidine rings is 1. The Balaban J connectivity index is 1.64. The molecule has 1 aromatic carbocycles. The molecule has 31 heavy (non-hydrogen) atoms. The zero-order chi connectivity index (χ0) is 22.4. The predicted octanol–water partition coefficient (Wildman–Crippen LogP) is 2.90. The second kappa shape index (κ2) is 10.8. The number of nitrogens with zero attached hydrogens (tertiary/aromatic N) is 1. The van der Waals surface area contributed by atoms with E-state index in [0.717, 1.165) is 31.2 Å². The van der Waals surface area contributed by atoms with Gasteiger partial charge >= 0.3 is 0 Å². The van der Waals surface area contributed by atoms with Crippen molar-refractivity contribution in [3.05, 3.63) is 35.9 Å². The van der Waals surface area contributed by atoms with Crippen LogP contribution in [0.4, 0.5) is 0 Å². The van der Waals surface area contributed by atoms with Crippen LogP contribution in [0.3, 0.4) is 0 Å². The first kappa shape index (κ1) is 23.3. The molecule has 0 aromatic heterocycles. The third-order valence-corrected chi connectivity index (χ3v) is 7.19. The molecule has 2 fully saturated rings. The molecule has 170 valence electrons. The van der Waals surface area contributed by atoms with Crippen LogP contribution in [0.25, 0.3) is 0 Å². The lowest BCUT2D eigenvalue weighted by Gasteiger charge is -2.35. The number of nitrogens with two attached hydrogens (primary N) is 1. The first-order chi connectivity index (χ1) is 14.8. The molecule has 1 aromatic rings. The lowest BCUT2D eigenvalue weighted by molar-refractivity contribution is -0.139. The highest BCUT2D eigenvalue weighted by Gasteiger charge is 2.33. The molecule has 0 bridgehead atoms. The summed E-state index contributed by atoms with van der Waals surface area (Å²) in [5.41, 5.74) is 6.45. The van der Waals surface area contributed by atoms with E-state index >= 15 is 0 Å². The summed E-state index contributed by atoms with van der Waals surface area (Å²) >= 11 is 0. The molecule has 1 atom stereocenters. The number of primary amides is 1. The lowest BCUT2D eigenvalue weighted by atomic mass is 9.76. The van der Waals surface area contributed by atoms with Crippen LogP contribution in [0.2, 0.25) is 0 Å².